The number of hydrogen-bond donors (Lipinski definition) is 2. The van der Waals surface area contributed by atoms with Gasteiger partial charge in [-0.3, -0.25) is 18.6 Å². The van der Waals surface area contributed by atoms with Gasteiger partial charge < -0.3 is 20.1 Å². The summed E-state index contributed by atoms with van der Waals surface area (Å²) in [5.41, 5.74) is 5.34. The van der Waals surface area contributed by atoms with Crippen molar-refractivity contribution < 1.29 is 37.6 Å². The Morgan fingerprint density at radius 1 is 0.566 bits per heavy atom. The minimum Gasteiger partial charge on any atom is -0.462 e. The van der Waals surface area contributed by atoms with E-state index < -0.39 is 32.5 Å². The zero-order chi connectivity index (χ0) is 38.9. The monoisotopic (exact) mass is 768 g/mol. The van der Waals surface area contributed by atoms with Crippen molar-refractivity contribution in [3.8, 4) is 0 Å². The lowest BCUT2D eigenvalue weighted by Crippen LogP contribution is -2.29. The van der Waals surface area contributed by atoms with Gasteiger partial charge in [-0.1, -0.05) is 140 Å². The Hall–Kier alpha value is -2.03. The van der Waals surface area contributed by atoms with Crippen molar-refractivity contribution in [1.82, 2.24) is 0 Å². The predicted molar refractivity (Wildman–Crippen MR) is 220 cm³/mol. The van der Waals surface area contributed by atoms with Crippen molar-refractivity contribution in [3.63, 3.8) is 0 Å². The molecule has 0 aromatic rings. The van der Waals surface area contributed by atoms with Gasteiger partial charge in [0.2, 0.25) is 0 Å². The fourth-order valence-corrected chi connectivity index (χ4v) is 6.28. The van der Waals surface area contributed by atoms with E-state index in [2.05, 4.69) is 62.5 Å². The maximum absolute atomic E-state index is 12.6. The number of hydrogen-bond acceptors (Lipinski definition) is 8. The van der Waals surface area contributed by atoms with Crippen LogP contribution in [0.4, 0.5) is 0 Å². The molecule has 308 valence electrons. The molecule has 0 bridgehead atoms. The Labute approximate surface area is 324 Å². The Kier molecular flexibility index (Phi) is 38.1. The molecule has 0 aliphatic heterocycles. The average Bonchev–Trinajstić information content (AvgIpc) is 3.14. The van der Waals surface area contributed by atoms with E-state index in [-0.39, 0.29) is 32.6 Å². The molecule has 0 fully saturated rings. The molecular weight excluding hydrogens is 689 g/mol. The van der Waals surface area contributed by atoms with Gasteiger partial charge in [-0.2, -0.15) is 0 Å². The van der Waals surface area contributed by atoms with Crippen LogP contribution in [0.1, 0.15) is 181 Å². The first kappa shape index (κ1) is 51.0. The van der Waals surface area contributed by atoms with Crippen LogP contribution in [0.15, 0.2) is 48.6 Å². The van der Waals surface area contributed by atoms with E-state index in [9.17, 15) is 19.0 Å². The highest BCUT2D eigenvalue weighted by Crippen LogP contribution is 2.43. The molecule has 53 heavy (non-hydrogen) atoms. The van der Waals surface area contributed by atoms with Crippen LogP contribution in [0.25, 0.3) is 0 Å². The molecule has 0 heterocycles. The van der Waals surface area contributed by atoms with Crippen LogP contribution in [0, 0.1) is 0 Å². The van der Waals surface area contributed by atoms with Crippen molar-refractivity contribution in [1.29, 1.82) is 0 Å². The Morgan fingerprint density at radius 3 is 1.51 bits per heavy atom. The summed E-state index contributed by atoms with van der Waals surface area (Å²) >= 11 is 0. The average molecular weight is 768 g/mol. The first-order chi connectivity index (χ1) is 25.8. The molecule has 0 saturated heterocycles. The van der Waals surface area contributed by atoms with E-state index in [4.69, 9.17) is 24.3 Å². The van der Waals surface area contributed by atoms with Crippen LogP contribution < -0.4 is 5.73 Å². The summed E-state index contributed by atoms with van der Waals surface area (Å²) in [5, 5.41) is 0. The van der Waals surface area contributed by atoms with Crippen LogP contribution >= 0.6 is 7.82 Å². The van der Waals surface area contributed by atoms with Crippen molar-refractivity contribution >= 4 is 19.8 Å². The molecule has 0 rings (SSSR count). The number of ether oxygens (including phenoxy) is 2. The fourth-order valence-electron chi connectivity index (χ4n) is 5.52. The van der Waals surface area contributed by atoms with Gasteiger partial charge >= 0.3 is 19.8 Å². The first-order valence-electron chi connectivity index (χ1n) is 21.1. The van der Waals surface area contributed by atoms with Gasteiger partial charge in [0.25, 0.3) is 0 Å². The quantitative estimate of drug-likeness (QED) is 0.0271. The van der Waals surface area contributed by atoms with E-state index in [1.807, 2.05) is 0 Å². The number of allylic oxidation sites excluding steroid dienone is 8. The maximum Gasteiger partial charge on any atom is 0.472 e. The van der Waals surface area contributed by atoms with Crippen LogP contribution in [-0.2, 0) is 32.7 Å². The Balaban J connectivity index is 4.22. The summed E-state index contributed by atoms with van der Waals surface area (Å²) in [6, 6.07) is 0. The van der Waals surface area contributed by atoms with Crippen LogP contribution in [-0.4, -0.2) is 49.3 Å². The van der Waals surface area contributed by atoms with E-state index >= 15 is 0 Å². The topological polar surface area (TPSA) is 134 Å². The number of carbonyl (C=O) groups excluding carboxylic acids is 2. The summed E-state index contributed by atoms with van der Waals surface area (Å²) in [6.07, 6.45) is 44.2. The molecule has 0 aromatic heterocycles. The third-order valence-corrected chi connectivity index (χ3v) is 9.67. The summed E-state index contributed by atoms with van der Waals surface area (Å²) < 4.78 is 32.7. The summed E-state index contributed by atoms with van der Waals surface area (Å²) in [4.78, 5) is 34.8. The third-order valence-electron chi connectivity index (χ3n) is 8.69. The first-order valence-corrected chi connectivity index (χ1v) is 22.6. The number of esters is 2. The molecule has 0 aliphatic carbocycles. The number of rotatable bonds is 39. The number of phosphoric ester groups is 1. The van der Waals surface area contributed by atoms with Crippen molar-refractivity contribution in [3.05, 3.63) is 48.6 Å². The number of nitrogens with two attached hydrogens (primary N) is 1. The van der Waals surface area contributed by atoms with Crippen LogP contribution in [0.3, 0.4) is 0 Å². The number of phosphoric acid groups is 1. The van der Waals surface area contributed by atoms with Crippen molar-refractivity contribution in [2.24, 2.45) is 5.73 Å². The van der Waals surface area contributed by atoms with Gasteiger partial charge in [-0.05, 0) is 77.0 Å². The normalized spacial score (nSPS) is 13.8. The molecule has 0 radical (unpaired) electrons. The largest absolute Gasteiger partial charge is 0.472 e. The molecule has 0 spiro atoms. The molecule has 0 aliphatic rings. The predicted octanol–water partition coefficient (Wildman–Crippen LogP) is 11.9. The second-order valence-corrected chi connectivity index (χ2v) is 15.3. The highest BCUT2D eigenvalue weighted by molar-refractivity contribution is 7.47. The fraction of sp³-hybridized carbons (Fsp3) is 0.767. The SMILES string of the molecule is CCCCCC=CCC=CCC=CCCCCCCC(=O)OC[C@H](COP(=O)(O)OCCN)OC(=O)CCCCCCCCCC=CCCCCCC. The molecule has 0 aromatic carbocycles. The lowest BCUT2D eigenvalue weighted by atomic mass is 10.1. The lowest BCUT2D eigenvalue weighted by molar-refractivity contribution is -0.161. The van der Waals surface area contributed by atoms with Crippen molar-refractivity contribution in [2.45, 2.75) is 187 Å². The highest BCUT2D eigenvalue weighted by Gasteiger charge is 2.26. The molecule has 3 N–H and O–H groups in total. The van der Waals surface area contributed by atoms with Gasteiger partial charge in [-0.15, -0.1) is 0 Å². The minimum absolute atomic E-state index is 0.0480. The Bertz CT molecular complexity index is 1010. The second-order valence-electron chi connectivity index (χ2n) is 13.8. The zero-order valence-electron chi connectivity index (χ0n) is 33.7. The number of unbranched alkanes of at least 4 members (excludes halogenated alkanes) is 18. The molecule has 0 saturated carbocycles. The van der Waals surface area contributed by atoms with E-state index in [1.165, 1.54) is 77.0 Å². The smallest absolute Gasteiger partial charge is 0.462 e. The lowest BCUT2D eigenvalue weighted by Gasteiger charge is -2.19. The molecule has 0 amide bonds. The van der Waals surface area contributed by atoms with Gasteiger partial charge in [0.05, 0.1) is 13.2 Å². The van der Waals surface area contributed by atoms with E-state index in [1.54, 1.807) is 0 Å². The third kappa shape index (κ3) is 39.5. The zero-order valence-corrected chi connectivity index (χ0v) is 34.6. The highest BCUT2D eigenvalue weighted by atomic mass is 31.2. The van der Waals surface area contributed by atoms with E-state index in [0.717, 1.165) is 64.2 Å². The van der Waals surface area contributed by atoms with Gasteiger partial charge in [-0.25, -0.2) is 4.57 Å². The Morgan fingerprint density at radius 2 is 0.981 bits per heavy atom. The van der Waals surface area contributed by atoms with Crippen molar-refractivity contribution in [2.75, 3.05) is 26.4 Å². The molecule has 10 heteroatoms. The summed E-state index contributed by atoms with van der Waals surface area (Å²) in [6.45, 7) is 3.65. The van der Waals surface area contributed by atoms with Gasteiger partial charge in [0, 0.05) is 19.4 Å². The van der Waals surface area contributed by atoms with Crippen LogP contribution in [0.5, 0.6) is 0 Å². The maximum atomic E-state index is 12.6. The molecule has 1 unspecified atom stereocenters. The standard InChI is InChI=1S/C43H78NO8P/c1-3-5-7-9-11-13-15-17-19-20-22-23-25-27-29-31-33-35-42(45)49-39-41(40-51-53(47,48)50-38-37-44)52-43(46)36-34-32-30-28-26-24-21-18-16-14-12-10-8-6-4-2/h11,13-14,16-17,19,22-23,41H,3-10,12,15,18,20-21,24-40,44H2,1-2H3,(H,47,48)/t41-/m1/s1. The summed E-state index contributed by atoms with van der Waals surface area (Å²) in [5.74, 6) is -0.860. The molecular formula is C43H78NO8P. The minimum atomic E-state index is -4.38. The van der Waals surface area contributed by atoms with Gasteiger partial charge in [0.15, 0.2) is 6.10 Å². The molecule has 9 nitrogen and oxygen atoms in total. The van der Waals surface area contributed by atoms with E-state index in [0.29, 0.717) is 12.8 Å². The number of carbonyl (C=O) groups is 2. The molecule has 2 atom stereocenters. The summed E-state index contributed by atoms with van der Waals surface area (Å²) in [7, 11) is -4.38. The van der Waals surface area contributed by atoms with Crippen LogP contribution in [0.2, 0.25) is 0 Å². The van der Waals surface area contributed by atoms with Gasteiger partial charge in [0.1, 0.15) is 6.61 Å². The second kappa shape index (κ2) is 39.7.